The number of benzene rings is 2. The molecular formula is C24H34N3O3+. The fourth-order valence-corrected chi connectivity index (χ4v) is 3.34. The molecule has 30 heavy (non-hydrogen) atoms. The van der Waals surface area contributed by atoms with Gasteiger partial charge in [-0.1, -0.05) is 51.1 Å². The first-order valence-corrected chi connectivity index (χ1v) is 10.5. The number of rotatable bonds is 10. The average molecular weight is 413 g/mol. The number of methoxy groups -OCH3 is 1. The van der Waals surface area contributed by atoms with Crippen LogP contribution in [0.15, 0.2) is 48.5 Å². The summed E-state index contributed by atoms with van der Waals surface area (Å²) in [5, 5.41) is 5.98. The van der Waals surface area contributed by atoms with Crippen LogP contribution in [0.25, 0.3) is 0 Å². The predicted octanol–water partition coefficient (Wildman–Crippen LogP) is 2.22. The number of hydrogen-bond donors (Lipinski definition) is 3. The van der Waals surface area contributed by atoms with Crippen LogP contribution in [0.3, 0.4) is 0 Å². The molecule has 0 bridgehead atoms. The van der Waals surface area contributed by atoms with Crippen molar-refractivity contribution in [3.8, 4) is 5.75 Å². The van der Waals surface area contributed by atoms with Crippen molar-refractivity contribution < 1.29 is 19.2 Å². The van der Waals surface area contributed by atoms with Crippen molar-refractivity contribution in [1.82, 2.24) is 5.32 Å². The largest absolute Gasteiger partial charge is 0.497 e. The second-order valence-corrected chi connectivity index (χ2v) is 7.98. The molecule has 0 heterocycles. The quantitative estimate of drug-likeness (QED) is 0.560. The highest BCUT2D eigenvalue weighted by Crippen LogP contribution is 2.22. The number of anilines is 1. The van der Waals surface area contributed by atoms with Crippen molar-refractivity contribution in [3.05, 3.63) is 59.7 Å². The topological polar surface area (TPSA) is 71.9 Å². The monoisotopic (exact) mass is 412 g/mol. The molecule has 2 aromatic carbocycles. The van der Waals surface area contributed by atoms with Gasteiger partial charge in [-0.3, -0.25) is 9.59 Å². The zero-order chi connectivity index (χ0) is 22.1. The smallest absolute Gasteiger partial charge is 0.279 e. The van der Waals surface area contributed by atoms with Gasteiger partial charge in [-0.05, 0) is 35.6 Å². The highest BCUT2D eigenvalue weighted by Gasteiger charge is 2.21. The maximum Gasteiger partial charge on any atom is 0.279 e. The number of hydrogen-bond acceptors (Lipinski definition) is 3. The van der Waals surface area contributed by atoms with E-state index in [-0.39, 0.29) is 36.9 Å². The Kier molecular flexibility index (Phi) is 8.87. The van der Waals surface area contributed by atoms with Crippen LogP contribution in [0, 0.1) is 5.92 Å². The van der Waals surface area contributed by atoms with Gasteiger partial charge in [0.2, 0.25) is 0 Å². The molecule has 3 N–H and O–H groups in total. The normalized spacial score (nSPS) is 12.9. The number of amides is 2. The van der Waals surface area contributed by atoms with Gasteiger partial charge in [-0.25, -0.2) is 0 Å². The van der Waals surface area contributed by atoms with Crippen LogP contribution in [0.5, 0.6) is 5.75 Å². The van der Waals surface area contributed by atoms with Gasteiger partial charge in [0.1, 0.15) is 5.75 Å². The van der Waals surface area contributed by atoms with E-state index < -0.39 is 0 Å². The second-order valence-electron chi connectivity index (χ2n) is 7.98. The number of aryl methyl sites for hydroxylation is 1. The van der Waals surface area contributed by atoms with Gasteiger partial charge in [-0.15, -0.1) is 0 Å². The van der Waals surface area contributed by atoms with E-state index in [9.17, 15) is 9.59 Å². The van der Waals surface area contributed by atoms with Gasteiger partial charge in [0, 0.05) is 11.8 Å². The molecule has 2 atom stereocenters. The Labute approximate surface area is 179 Å². The maximum absolute atomic E-state index is 12.6. The lowest BCUT2D eigenvalue weighted by Crippen LogP contribution is -3.11. The van der Waals surface area contributed by atoms with Crippen molar-refractivity contribution in [3.63, 3.8) is 0 Å². The van der Waals surface area contributed by atoms with Gasteiger partial charge in [0.05, 0.1) is 20.2 Å². The number of carbonyl (C=O) groups excluding carboxylic acids is 2. The number of quaternary nitrogens is 1. The number of carbonyl (C=O) groups is 2. The molecule has 2 rings (SSSR count). The molecule has 1 unspecified atom stereocenters. The van der Waals surface area contributed by atoms with Crippen molar-refractivity contribution in [2.24, 2.45) is 5.92 Å². The molecule has 0 saturated heterocycles. The van der Waals surface area contributed by atoms with Crippen LogP contribution in [0.4, 0.5) is 5.69 Å². The Morgan fingerprint density at radius 3 is 2.30 bits per heavy atom. The molecule has 0 spiro atoms. The van der Waals surface area contributed by atoms with Crippen LogP contribution in [-0.2, 0) is 16.0 Å². The van der Waals surface area contributed by atoms with E-state index in [1.54, 1.807) is 19.2 Å². The van der Waals surface area contributed by atoms with Crippen molar-refractivity contribution in [2.75, 3.05) is 32.6 Å². The zero-order valence-corrected chi connectivity index (χ0v) is 18.6. The summed E-state index contributed by atoms with van der Waals surface area (Å²) in [5.74, 6) is 0.724. The number of nitrogens with one attached hydrogen (secondary N) is 3. The number of ether oxygens (including phenoxy) is 1. The highest BCUT2D eigenvalue weighted by molar-refractivity contribution is 5.91. The molecule has 0 aliphatic heterocycles. The first-order valence-electron chi connectivity index (χ1n) is 10.5. The number of likely N-dealkylation sites (N-methyl/N-ethyl adjacent to an activating group) is 1. The molecule has 2 aromatic rings. The summed E-state index contributed by atoms with van der Waals surface area (Å²) in [4.78, 5) is 25.7. The van der Waals surface area contributed by atoms with Gasteiger partial charge >= 0.3 is 0 Å². The molecular weight excluding hydrogens is 378 g/mol. The molecule has 0 aliphatic carbocycles. The SMILES string of the molecule is CCc1ccc([C@H](NC(=O)C[NH+](C)CC(=O)Nc2cccc(OC)c2)C(C)C)cc1. The predicted molar refractivity (Wildman–Crippen MR) is 120 cm³/mol. The minimum Gasteiger partial charge on any atom is -0.497 e. The third-order valence-corrected chi connectivity index (χ3v) is 5.01. The van der Waals surface area contributed by atoms with Gasteiger partial charge in [0.15, 0.2) is 13.1 Å². The summed E-state index contributed by atoms with van der Waals surface area (Å²) in [6.45, 7) is 6.73. The van der Waals surface area contributed by atoms with E-state index >= 15 is 0 Å². The molecule has 6 heteroatoms. The summed E-state index contributed by atoms with van der Waals surface area (Å²) in [6, 6.07) is 15.5. The van der Waals surface area contributed by atoms with Crippen molar-refractivity contribution >= 4 is 17.5 Å². The highest BCUT2D eigenvalue weighted by atomic mass is 16.5. The molecule has 0 saturated carbocycles. The van der Waals surface area contributed by atoms with Gasteiger partial charge in [-0.2, -0.15) is 0 Å². The lowest BCUT2D eigenvalue weighted by molar-refractivity contribution is -0.862. The van der Waals surface area contributed by atoms with E-state index in [1.165, 1.54) is 5.56 Å². The molecule has 0 aromatic heterocycles. The van der Waals surface area contributed by atoms with Gasteiger partial charge < -0.3 is 20.3 Å². The fourth-order valence-electron chi connectivity index (χ4n) is 3.34. The van der Waals surface area contributed by atoms with E-state index in [0.717, 1.165) is 16.9 Å². The first kappa shape index (κ1) is 23.4. The van der Waals surface area contributed by atoms with E-state index in [2.05, 4.69) is 55.7 Å². The van der Waals surface area contributed by atoms with Crippen LogP contribution in [-0.4, -0.2) is 39.1 Å². The molecule has 6 nitrogen and oxygen atoms in total. The van der Waals surface area contributed by atoms with Crippen molar-refractivity contribution in [2.45, 2.75) is 33.2 Å². The molecule has 162 valence electrons. The standard InChI is InChI=1S/C24H33N3O3/c1-6-18-10-12-19(13-11-18)24(17(2)3)26-23(29)16-27(4)15-22(28)25-20-8-7-9-21(14-20)30-5/h7-14,17,24H,6,15-16H2,1-5H3,(H,25,28)(H,26,29)/p+1/t24-/m1/s1. The summed E-state index contributed by atoms with van der Waals surface area (Å²) < 4.78 is 5.17. The van der Waals surface area contributed by atoms with Crippen LogP contribution in [0.2, 0.25) is 0 Å². The van der Waals surface area contributed by atoms with E-state index in [4.69, 9.17) is 4.74 Å². The van der Waals surface area contributed by atoms with Crippen LogP contribution < -0.4 is 20.3 Å². The summed E-state index contributed by atoms with van der Waals surface area (Å²) in [6.07, 6.45) is 0.991. The minimum absolute atomic E-state index is 0.0539. The Morgan fingerprint density at radius 1 is 1.03 bits per heavy atom. The minimum atomic E-state index is -0.149. The van der Waals surface area contributed by atoms with Crippen LogP contribution in [0.1, 0.15) is 37.9 Å². The second kappa shape index (κ2) is 11.4. The van der Waals surface area contributed by atoms with E-state index in [0.29, 0.717) is 11.4 Å². The molecule has 0 aliphatic rings. The first-order chi connectivity index (χ1) is 14.3. The third-order valence-electron chi connectivity index (χ3n) is 5.01. The Morgan fingerprint density at radius 2 is 1.70 bits per heavy atom. The van der Waals surface area contributed by atoms with Crippen LogP contribution >= 0.6 is 0 Å². The maximum atomic E-state index is 12.6. The zero-order valence-electron chi connectivity index (χ0n) is 18.6. The average Bonchev–Trinajstić information content (AvgIpc) is 2.71. The molecule has 0 fully saturated rings. The lowest BCUT2D eigenvalue weighted by Gasteiger charge is -2.24. The third kappa shape index (κ3) is 7.19. The lowest BCUT2D eigenvalue weighted by atomic mass is 9.95. The summed E-state index contributed by atoms with van der Waals surface area (Å²) >= 11 is 0. The Bertz CT molecular complexity index is 834. The molecule has 0 radical (unpaired) electrons. The summed E-state index contributed by atoms with van der Waals surface area (Å²) in [7, 11) is 3.42. The summed E-state index contributed by atoms with van der Waals surface area (Å²) in [5.41, 5.74) is 3.05. The fraction of sp³-hybridized carbons (Fsp3) is 0.417. The Hall–Kier alpha value is -2.86. The van der Waals surface area contributed by atoms with Crippen molar-refractivity contribution in [1.29, 1.82) is 0 Å². The van der Waals surface area contributed by atoms with E-state index in [1.807, 2.05) is 19.2 Å². The van der Waals surface area contributed by atoms with Gasteiger partial charge in [0.25, 0.3) is 11.8 Å². The molecule has 2 amide bonds. The Balaban J connectivity index is 1.89.